The highest BCUT2D eigenvalue weighted by Gasteiger charge is 2.68. The Morgan fingerprint density at radius 3 is 2.52 bits per heavy atom. The van der Waals surface area contributed by atoms with Crippen molar-refractivity contribution in [2.75, 3.05) is 6.54 Å². The number of oxime groups is 1. The Balaban J connectivity index is 1.07. The van der Waals surface area contributed by atoms with Gasteiger partial charge in [-0.25, -0.2) is 9.07 Å². The Morgan fingerprint density at radius 2 is 1.82 bits per heavy atom. The van der Waals surface area contributed by atoms with Crippen molar-refractivity contribution in [3.05, 3.63) is 83.4 Å². The molecule has 0 radical (unpaired) electrons. The second-order valence-electron chi connectivity index (χ2n) is 15.9. The molecular formula is C38H47BFN5O5. The summed E-state index contributed by atoms with van der Waals surface area (Å²) in [5, 5.41) is 15.0. The summed E-state index contributed by atoms with van der Waals surface area (Å²) in [7, 11) is -0.573. The average Bonchev–Trinajstić information content (AvgIpc) is 3.78. The van der Waals surface area contributed by atoms with Crippen molar-refractivity contribution in [3.8, 4) is 5.69 Å². The molecule has 8 rings (SSSR count). The van der Waals surface area contributed by atoms with Gasteiger partial charge in [-0.2, -0.15) is 5.10 Å². The first-order chi connectivity index (χ1) is 23.8. The van der Waals surface area contributed by atoms with Gasteiger partial charge in [0.15, 0.2) is 0 Å². The van der Waals surface area contributed by atoms with Gasteiger partial charge in [-0.1, -0.05) is 63.2 Å². The standard InChI is InChI=1S/C38H47BFN5O5/c1-23(2)16-33(39-48-32-19-26-18-31(36(26,4)5)37(32,6)49-39)42-35(47)38(20-25-10-8-7-9-11-25)21-28(44-50-38)22-41-34(46)30-17-24(3)43-45(30)29-14-12-27(40)13-15-29/h7-15,17,23,26,31-33H,16,18-22H2,1-6H3,(H,41,46)(H,42,47)/t26-,31-,32+,33-,37-,38?/m0/s1. The SMILES string of the molecule is Cc1cc(C(=O)NCC2=NOC(Cc3ccccc3)(C(=O)N[C@@H](CC(C)C)B3O[C@@H]4C[C@@H]5C[C@@H](C5(C)C)[C@]4(C)O3)C2)n(-c2ccc(F)cc2)n1. The van der Waals surface area contributed by atoms with E-state index >= 15 is 0 Å². The summed E-state index contributed by atoms with van der Waals surface area (Å²) < 4.78 is 28.5. The molecule has 6 atom stereocenters. The van der Waals surface area contributed by atoms with Crippen molar-refractivity contribution < 1.29 is 28.1 Å². The van der Waals surface area contributed by atoms with Crippen molar-refractivity contribution in [3.63, 3.8) is 0 Å². The van der Waals surface area contributed by atoms with Crippen molar-refractivity contribution in [1.82, 2.24) is 20.4 Å². The fourth-order valence-electron chi connectivity index (χ4n) is 8.69. The Hall–Kier alpha value is -4.03. The van der Waals surface area contributed by atoms with Crippen molar-refractivity contribution in [1.29, 1.82) is 0 Å². The first kappa shape index (κ1) is 34.4. The van der Waals surface area contributed by atoms with Crippen LogP contribution in [-0.4, -0.2) is 64.2 Å². The predicted octanol–water partition coefficient (Wildman–Crippen LogP) is 5.61. The molecule has 2 N–H and O–H groups in total. The molecule has 1 aromatic heterocycles. The number of nitrogens with zero attached hydrogens (tertiary/aromatic N) is 3. The zero-order valence-electron chi connectivity index (χ0n) is 29.7. The van der Waals surface area contributed by atoms with Crippen LogP contribution in [0.5, 0.6) is 0 Å². The number of halogens is 1. The molecular weight excluding hydrogens is 636 g/mol. The van der Waals surface area contributed by atoms with E-state index in [9.17, 15) is 14.0 Å². The van der Waals surface area contributed by atoms with Gasteiger partial charge in [-0.3, -0.25) is 9.59 Å². The van der Waals surface area contributed by atoms with Crippen LogP contribution in [0.4, 0.5) is 4.39 Å². The molecule has 0 spiro atoms. The lowest BCUT2D eigenvalue weighted by atomic mass is 9.43. The maximum absolute atomic E-state index is 14.5. The molecule has 264 valence electrons. The van der Waals surface area contributed by atoms with Crippen LogP contribution < -0.4 is 10.6 Å². The molecule has 5 aliphatic rings. The number of benzene rings is 2. The van der Waals surface area contributed by atoms with Crippen LogP contribution in [0.25, 0.3) is 5.69 Å². The highest BCUT2D eigenvalue weighted by Crippen LogP contribution is 2.65. The minimum Gasteiger partial charge on any atom is -0.404 e. The molecule has 1 unspecified atom stereocenters. The second-order valence-corrected chi connectivity index (χ2v) is 15.9. The Labute approximate surface area is 293 Å². The number of nitrogens with one attached hydrogen (secondary N) is 2. The molecule has 3 saturated carbocycles. The van der Waals surface area contributed by atoms with Crippen LogP contribution in [-0.2, 0) is 25.4 Å². The number of amides is 2. The van der Waals surface area contributed by atoms with Gasteiger partial charge in [0.2, 0.25) is 5.60 Å². The number of carbonyl (C=O) groups is 2. The smallest absolute Gasteiger partial charge is 0.404 e. The van der Waals surface area contributed by atoms with Crippen LogP contribution >= 0.6 is 0 Å². The maximum atomic E-state index is 14.5. The van der Waals surface area contributed by atoms with Gasteiger partial charge in [-0.15, -0.1) is 0 Å². The number of aromatic nitrogens is 2. The van der Waals surface area contributed by atoms with E-state index in [0.717, 1.165) is 18.4 Å². The third kappa shape index (κ3) is 6.25. The normalized spacial score (nSPS) is 28.4. The molecule has 50 heavy (non-hydrogen) atoms. The summed E-state index contributed by atoms with van der Waals surface area (Å²) >= 11 is 0. The van der Waals surface area contributed by atoms with E-state index in [4.69, 9.17) is 14.1 Å². The van der Waals surface area contributed by atoms with Crippen LogP contribution in [0.15, 0.2) is 65.8 Å². The van der Waals surface area contributed by atoms with Gasteiger partial charge in [0.05, 0.1) is 41.3 Å². The third-order valence-corrected chi connectivity index (χ3v) is 11.5. The summed E-state index contributed by atoms with van der Waals surface area (Å²) in [5.74, 6) is -0.138. The quantitative estimate of drug-likeness (QED) is 0.254. The Morgan fingerprint density at radius 1 is 1.08 bits per heavy atom. The van der Waals surface area contributed by atoms with Gasteiger partial charge < -0.3 is 24.8 Å². The van der Waals surface area contributed by atoms with Gasteiger partial charge >= 0.3 is 7.12 Å². The lowest BCUT2D eigenvalue weighted by Crippen LogP contribution is -2.65. The molecule has 10 nitrogen and oxygen atoms in total. The van der Waals surface area contributed by atoms with E-state index in [0.29, 0.717) is 41.0 Å². The molecule has 2 aliphatic heterocycles. The highest BCUT2D eigenvalue weighted by atomic mass is 19.1. The fourth-order valence-corrected chi connectivity index (χ4v) is 8.69. The average molecular weight is 684 g/mol. The van der Waals surface area contributed by atoms with E-state index in [1.807, 2.05) is 30.3 Å². The lowest BCUT2D eigenvalue weighted by Gasteiger charge is -2.64. The van der Waals surface area contributed by atoms with E-state index in [1.54, 1.807) is 25.1 Å². The van der Waals surface area contributed by atoms with E-state index in [1.165, 1.54) is 16.8 Å². The number of hydrogen-bond donors (Lipinski definition) is 2. The monoisotopic (exact) mass is 683 g/mol. The van der Waals surface area contributed by atoms with E-state index < -0.39 is 18.3 Å². The number of aryl methyl sites for hydroxylation is 1. The molecule has 2 bridgehead atoms. The molecule has 3 aliphatic carbocycles. The molecule has 12 heteroatoms. The summed E-state index contributed by atoms with van der Waals surface area (Å²) in [4.78, 5) is 34.0. The largest absolute Gasteiger partial charge is 0.481 e. The van der Waals surface area contributed by atoms with E-state index in [2.05, 4.69) is 55.5 Å². The first-order valence-corrected chi connectivity index (χ1v) is 17.8. The van der Waals surface area contributed by atoms with Gasteiger partial charge in [-0.05, 0) is 92.2 Å². The lowest BCUT2D eigenvalue weighted by molar-refractivity contribution is -0.199. The highest BCUT2D eigenvalue weighted by molar-refractivity contribution is 6.48. The zero-order chi connectivity index (χ0) is 35.4. The second kappa shape index (κ2) is 12.9. The third-order valence-electron chi connectivity index (χ3n) is 11.5. The molecule has 2 aromatic carbocycles. The van der Waals surface area contributed by atoms with Crippen LogP contribution in [0.1, 0.15) is 82.0 Å². The van der Waals surface area contributed by atoms with Gasteiger partial charge in [0, 0.05) is 12.8 Å². The molecule has 2 amide bonds. The van der Waals surface area contributed by atoms with Crippen molar-refractivity contribution in [2.45, 2.75) is 96.9 Å². The van der Waals surface area contributed by atoms with Crippen molar-refractivity contribution in [2.24, 2.45) is 28.3 Å². The zero-order valence-corrected chi connectivity index (χ0v) is 29.7. The first-order valence-electron chi connectivity index (χ1n) is 17.8. The topological polar surface area (TPSA) is 116 Å². The molecule has 4 fully saturated rings. The van der Waals surface area contributed by atoms with E-state index in [-0.39, 0.29) is 60.4 Å². The van der Waals surface area contributed by atoms with Crippen LogP contribution in [0.2, 0.25) is 0 Å². The minimum atomic E-state index is -1.33. The fraction of sp³-hybridized carbons (Fsp3) is 0.526. The van der Waals surface area contributed by atoms with Crippen molar-refractivity contribution >= 4 is 24.6 Å². The number of carbonyl (C=O) groups excluding carboxylic acids is 2. The minimum absolute atomic E-state index is 0.00135. The summed E-state index contributed by atoms with van der Waals surface area (Å²) in [6.07, 6.45) is 3.25. The predicted molar refractivity (Wildman–Crippen MR) is 188 cm³/mol. The van der Waals surface area contributed by atoms with Gasteiger partial charge in [0.25, 0.3) is 11.8 Å². The number of rotatable bonds is 11. The summed E-state index contributed by atoms with van der Waals surface area (Å²) in [6, 6.07) is 17.2. The Kier molecular flexibility index (Phi) is 8.91. The molecule has 3 heterocycles. The maximum Gasteiger partial charge on any atom is 0.481 e. The summed E-state index contributed by atoms with van der Waals surface area (Å²) in [6.45, 7) is 13.0. The molecule has 1 saturated heterocycles. The van der Waals surface area contributed by atoms with Crippen LogP contribution in [0.3, 0.4) is 0 Å². The summed E-state index contributed by atoms with van der Waals surface area (Å²) in [5.41, 5.74) is 1.43. The van der Waals surface area contributed by atoms with Gasteiger partial charge in [0.1, 0.15) is 11.5 Å². The Bertz CT molecular complexity index is 1780. The van der Waals surface area contributed by atoms with Crippen LogP contribution in [0, 0.1) is 35.9 Å². The molecule has 3 aromatic rings. The number of hydrogen-bond acceptors (Lipinski definition) is 7.